The van der Waals surface area contributed by atoms with Crippen LogP contribution < -0.4 is 5.32 Å². The van der Waals surface area contributed by atoms with E-state index in [2.05, 4.69) is 5.32 Å². The van der Waals surface area contributed by atoms with Crippen molar-refractivity contribution in [3.63, 3.8) is 0 Å². The van der Waals surface area contributed by atoms with Crippen LogP contribution in [0.3, 0.4) is 0 Å². The fraction of sp³-hybridized carbons (Fsp3) is 0.875. The SMILES string of the molecule is CCC(C)NC(C(=O)O)C(C)O. The second kappa shape index (κ2) is 5.11. The molecule has 0 aromatic rings. The van der Waals surface area contributed by atoms with Crippen LogP contribution in [0.2, 0.25) is 0 Å². The zero-order valence-corrected chi connectivity index (χ0v) is 7.74. The number of hydrogen-bond donors (Lipinski definition) is 3. The smallest absolute Gasteiger partial charge is 0.323 e. The molecular weight excluding hydrogens is 158 g/mol. The van der Waals surface area contributed by atoms with Gasteiger partial charge in [-0.25, -0.2) is 0 Å². The minimum atomic E-state index is -1.01. The van der Waals surface area contributed by atoms with Gasteiger partial charge in [0.2, 0.25) is 0 Å². The first kappa shape index (κ1) is 11.4. The van der Waals surface area contributed by atoms with Crippen molar-refractivity contribution in [2.24, 2.45) is 0 Å². The van der Waals surface area contributed by atoms with E-state index >= 15 is 0 Å². The number of aliphatic hydroxyl groups excluding tert-OH is 1. The van der Waals surface area contributed by atoms with E-state index in [-0.39, 0.29) is 6.04 Å². The molecule has 12 heavy (non-hydrogen) atoms. The van der Waals surface area contributed by atoms with Gasteiger partial charge in [0.25, 0.3) is 0 Å². The molecule has 0 radical (unpaired) electrons. The van der Waals surface area contributed by atoms with Crippen molar-refractivity contribution in [3.05, 3.63) is 0 Å². The highest BCUT2D eigenvalue weighted by atomic mass is 16.4. The molecule has 0 fully saturated rings. The molecular formula is C8H17NO3. The number of aliphatic carboxylic acids is 1. The summed E-state index contributed by atoms with van der Waals surface area (Å²) in [5.41, 5.74) is 0. The lowest BCUT2D eigenvalue weighted by Gasteiger charge is -2.20. The molecule has 0 aliphatic carbocycles. The summed E-state index contributed by atoms with van der Waals surface area (Å²) in [7, 11) is 0. The number of hydrogen-bond acceptors (Lipinski definition) is 3. The number of carboxylic acid groups (broad SMARTS) is 1. The molecule has 3 unspecified atom stereocenters. The molecule has 0 aliphatic heterocycles. The third-order valence-corrected chi connectivity index (χ3v) is 1.82. The topological polar surface area (TPSA) is 69.6 Å². The third-order valence-electron chi connectivity index (χ3n) is 1.82. The normalized spacial score (nSPS) is 18.3. The van der Waals surface area contributed by atoms with Gasteiger partial charge in [0.15, 0.2) is 0 Å². The van der Waals surface area contributed by atoms with Crippen molar-refractivity contribution >= 4 is 5.97 Å². The predicted molar refractivity (Wildman–Crippen MR) is 46.0 cm³/mol. The first-order valence-corrected chi connectivity index (χ1v) is 4.16. The summed E-state index contributed by atoms with van der Waals surface area (Å²) in [5, 5.41) is 20.6. The Labute approximate surface area is 72.6 Å². The average Bonchev–Trinajstić information content (AvgIpc) is 1.98. The summed E-state index contributed by atoms with van der Waals surface area (Å²) in [5.74, 6) is -1.01. The summed E-state index contributed by atoms with van der Waals surface area (Å²) in [4.78, 5) is 10.6. The predicted octanol–water partition coefficient (Wildman–Crippen LogP) is 0.208. The maximum Gasteiger partial charge on any atom is 0.323 e. The Hall–Kier alpha value is -0.610. The van der Waals surface area contributed by atoms with Crippen LogP contribution in [0.5, 0.6) is 0 Å². The fourth-order valence-electron chi connectivity index (χ4n) is 0.841. The Kier molecular flexibility index (Phi) is 4.85. The number of aliphatic hydroxyl groups is 1. The van der Waals surface area contributed by atoms with Crippen molar-refractivity contribution in [1.82, 2.24) is 5.32 Å². The number of carboxylic acids is 1. The quantitative estimate of drug-likeness (QED) is 0.558. The van der Waals surface area contributed by atoms with Crippen LogP contribution in [0, 0.1) is 0 Å². The van der Waals surface area contributed by atoms with E-state index in [1.54, 1.807) is 0 Å². The van der Waals surface area contributed by atoms with Crippen LogP contribution in [0.25, 0.3) is 0 Å². The van der Waals surface area contributed by atoms with Crippen molar-refractivity contribution in [1.29, 1.82) is 0 Å². The van der Waals surface area contributed by atoms with Crippen molar-refractivity contribution in [2.75, 3.05) is 0 Å². The van der Waals surface area contributed by atoms with E-state index in [1.807, 2.05) is 13.8 Å². The first-order valence-electron chi connectivity index (χ1n) is 4.16. The molecule has 0 aromatic heterocycles. The highest BCUT2D eigenvalue weighted by Gasteiger charge is 2.23. The van der Waals surface area contributed by atoms with E-state index in [0.29, 0.717) is 0 Å². The Morgan fingerprint density at radius 3 is 2.25 bits per heavy atom. The zero-order chi connectivity index (χ0) is 9.72. The molecule has 4 nitrogen and oxygen atoms in total. The summed E-state index contributed by atoms with van der Waals surface area (Å²) >= 11 is 0. The summed E-state index contributed by atoms with van der Waals surface area (Å²) in [6.07, 6.45) is -0.0206. The van der Waals surface area contributed by atoms with Crippen LogP contribution in [-0.2, 0) is 4.79 Å². The maximum atomic E-state index is 10.6. The van der Waals surface area contributed by atoms with E-state index in [4.69, 9.17) is 10.2 Å². The highest BCUT2D eigenvalue weighted by molar-refractivity contribution is 5.74. The minimum absolute atomic E-state index is 0.112. The van der Waals surface area contributed by atoms with Gasteiger partial charge in [0.1, 0.15) is 6.04 Å². The monoisotopic (exact) mass is 175 g/mol. The van der Waals surface area contributed by atoms with Crippen molar-refractivity contribution < 1.29 is 15.0 Å². The van der Waals surface area contributed by atoms with Gasteiger partial charge in [0.05, 0.1) is 6.10 Å². The lowest BCUT2D eigenvalue weighted by Crippen LogP contribution is -2.48. The first-order chi connectivity index (χ1) is 5.49. The zero-order valence-electron chi connectivity index (χ0n) is 7.74. The minimum Gasteiger partial charge on any atom is -0.480 e. The average molecular weight is 175 g/mol. The molecule has 0 saturated carbocycles. The van der Waals surface area contributed by atoms with Gasteiger partial charge in [-0.2, -0.15) is 0 Å². The fourth-order valence-corrected chi connectivity index (χ4v) is 0.841. The van der Waals surface area contributed by atoms with Crippen LogP contribution in [0.15, 0.2) is 0 Å². The number of carbonyl (C=O) groups is 1. The molecule has 0 rings (SSSR count). The van der Waals surface area contributed by atoms with E-state index in [9.17, 15) is 4.79 Å². The van der Waals surface area contributed by atoms with E-state index < -0.39 is 18.1 Å². The summed E-state index contributed by atoms with van der Waals surface area (Å²) < 4.78 is 0. The van der Waals surface area contributed by atoms with Crippen molar-refractivity contribution in [3.8, 4) is 0 Å². The second-order valence-corrected chi connectivity index (χ2v) is 3.03. The Morgan fingerprint density at radius 1 is 1.50 bits per heavy atom. The van der Waals surface area contributed by atoms with Crippen LogP contribution in [0.1, 0.15) is 27.2 Å². The van der Waals surface area contributed by atoms with Gasteiger partial charge >= 0.3 is 5.97 Å². The molecule has 72 valence electrons. The van der Waals surface area contributed by atoms with Gasteiger partial charge in [-0.05, 0) is 20.3 Å². The molecule has 3 N–H and O–H groups in total. The van der Waals surface area contributed by atoms with Crippen LogP contribution in [-0.4, -0.2) is 34.4 Å². The molecule has 0 amide bonds. The largest absolute Gasteiger partial charge is 0.480 e. The second-order valence-electron chi connectivity index (χ2n) is 3.03. The molecule has 0 heterocycles. The lowest BCUT2D eigenvalue weighted by molar-refractivity contribution is -0.142. The van der Waals surface area contributed by atoms with Gasteiger partial charge in [0, 0.05) is 6.04 Å². The van der Waals surface area contributed by atoms with Crippen molar-refractivity contribution in [2.45, 2.75) is 45.4 Å². The summed E-state index contributed by atoms with van der Waals surface area (Å²) in [6, 6.07) is -0.749. The molecule has 0 bridgehead atoms. The highest BCUT2D eigenvalue weighted by Crippen LogP contribution is 1.97. The molecule has 4 heteroatoms. The maximum absolute atomic E-state index is 10.6. The van der Waals surface area contributed by atoms with Gasteiger partial charge in [-0.3, -0.25) is 10.1 Å². The molecule has 3 atom stereocenters. The van der Waals surface area contributed by atoms with Gasteiger partial charge in [-0.15, -0.1) is 0 Å². The van der Waals surface area contributed by atoms with E-state index in [1.165, 1.54) is 6.92 Å². The van der Waals surface area contributed by atoms with Crippen LogP contribution in [0.4, 0.5) is 0 Å². The standard InChI is InChI=1S/C8H17NO3/c1-4-5(2)9-7(6(3)10)8(11)12/h5-7,9-10H,4H2,1-3H3,(H,11,12). The van der Waals surface area contributed by atoms with Gasteiger partial charge < -0.3 is 10.2 Å². The van der Waals surface area contributed by atoms with Crippen LogP contribution >= 0.6 is 0 Å². The number of nitrogens with one attached hydrogen (secondary N) is 1. The summed E-state index contributed by atoms with van der Waals surface area (Å²) in [6.45, 7) is 5.31. The van der Waals surface area contributed by atoms with E-state index in [0.717, 1.165) is 6.42 Å². The molecule has 0 spiro atoms. The molecule has 0 aliphatic rings. The Bertz CT molecular complexity index is 147. The molecule has 0 aromatic carbocycles. The lowest BCUT2D eigenvalue weighted by atomic mass is 10.1. The Morgan fingerprint density at radius 2 is 2.00 bits per heavy atom. The third kappa shape index (κ3) is 3.69. The number of rotatable bonds is 5. The Balaban J connectivity index is 4.05. The molecule has 0 saturated heterocycles. The van der Waals surface area contributed by atoms with Gasteiger partial charge in [-0.1, -0.05) is 6.92 Å².